The van der Waals surface area contributed by atoms with E-state index in [-0.39, 0.29) is 5.91 Å². The quantitative estimate of drug-likeness (QED) is 0.510. The van der Waals surface area contributed by atoms with E-state index in [0.29, 0.717) is 6.42 Å². The summed E-state index contributed by atoms with van der Waals surface area (Å²) in [5.74, 6) is 1.07. The first kappa shape index (κ1) is 19.9. The highest BCUT2D eigenvalue weighted by atomic mass is 16.5. The highest BCUT2D eigenvalue weighted by molar-refractivity contribution is 5.84. The fourth-order valence-corrected chi connectivity index (χ4v) is 3.16. The van der Waals surface area contributed by atoms with Crippen molar-refractivity contribution in [2.45, 2.75) is 32.1 Å². The Balaban J connectivity index is 1.48. The number of fused-ring (bicyclic) bond motifs is 1. The van der Waals surface area contributed by atoms with Crippen LogP contribution in [-0.2, 0) is 17.6 Å². The maximum atomic E-state index is 11.8. The van der Waals surface area contributed by atoms with Gasteiger partial charge < -0.3 is 9.64 Å². The summed E-state index contributed by atoms with van der Waals surface area (Å²) in [5.41, 5.74) is 2.46. The second-order valence-corrected chi connectivity index (χ2v) is 7.30. The van der Waals surface area contributed by atoms with E-state index in [4.69, 9.17) is 4.74 Å². The summed E-state index contributed by atoms with van der Waals surface area (Å²) in [6, 6.07) is 16.7. The number of hydrogen-bond acceptors (Lipinski definition) is 3. The number of nitrogens with zero attached hydrogens (tertiary/aromatic N) is 2. The Morgan fingerprint density at radius 1 is 0.964 bits per heavy atom. The lowest BCUT2D eigenvalue weighted by Gasteiger charge is -2.11. The molecule has 28 heavy (non-hydrogen) atoms. The van der Waals surface area contributed by atoms with E-state index in [0.717, 1.165) is 43.4 Å². The lowest BCUT2D eigenvalue weighted by Crippen LogP contribution is -2.21. The summed E-state index contributed by atoms with van der Waals surface area (Å²) < 4.78 is 5.92. The Kier molecular flexibility index (Phi) is 7.01. The van der Waals surface area contributed by atoms with Crippen LogP contribution in [0.3, 0.4) is 0 Å². The molecule has 0 bridgehead atoms. The van der Waals surface area contributed by atoms with Gasteiger partial charge in [0.25, 0.3) is 0 Å². The minimum atomic E-state index is 0.160. The van der Waals surface area contributed by atoms with Gasteiger partial charge in [-0.2, -0.15) is 0 Å². The number of carbonyl (C=O) groups excluding carboxylic acids is 1. The van der Waals surface area contributed by atoms with Gasteiger partial charge in [-0.1, -0.05) is 30.3 Å². The number of hydrogen-bond donors (Lipinski definition) is 0. The van der Waals surface area contributed by atoms with Crippen molar-refractivity contribution in [3.63, 3.8) is 0 Å². The van der Waals surface area contributed by atoms with Crippen LogP contribution >= 0.6 is 0 Å². The molecule has 1 heterocycles. The van der Waals surface area contributed by atoms with Crippen LogP contribution in [0.25, 0.3) is 10.8 Å². The Labute approximate surface area is 167 Å². The summed E-state index contributed by atoms with van der Waals surface area (Å²) in [5, 5.41) is 2.34. The van der Waals surface area contributed by atoms with Crippen LogP contribution in [0.1, 0.15) is 30.4 Å². The lowest BCUT2D eigenvalue weighted by atomic mass is 10.0. The molecule has 4 heteroatoms. The van der Waals surface area contributed by atoms with Crippen LogP contribution in [0, 0.1) is 0 Å². The zero-order valence-electron chi connectivity index (χ0n) is 16.7. The molecule has 0 atom stereocenters. The van der Waals surface area contributed by atoms with Crippen LogP contribution in [0.2, 0.25) is 0 Å². The molecule has 0 N–H and O–H groups in total. The molecule has 3 aromatic rings. The van der Waals surface area contributed by atoms with E-state index < -0.39 is 0 Å². The molecule has 0 saturated carbocycles. The number of aromatic nitrogens is 1. The molecule has 0 spiro atoms. The Morgan fingerprint density at radius 2 is 1.79 bits per heavy atom. The third-order valence-corrected chi connectivity index (χ3v) is 4.85. The van der Waals surface area contributed by atoms with Crippen LogP contribution < -0.4 is 4.74 Å². The molecule has 0 saturated heterocycles. The molecule has 3 rings (SSSR count). The molecule has 1 aromatic heterocycles. The first-order chi connectivity index (χ1) is 13.6. The van der Waals surface area contributed by atoms with Crippen molar-refractivity contribution in [1.82, 2.24) is 9.88 Å². The first-order valence-electron chi connectivity index (χ1n) is 9.86. The molecule has 0 radical (unpaired) electrons. The molecule has 146 valence electrons. The van der Waals surface area contributed by atoms with Gasteiger partial charge in [0.1, 0.15) is 5.75 Å². The monoisotopic (exact) mass is 376 g/mol. The van der Waals surface area contributed by atoms with Gasteiger partial charge in [-0.05, 0) is 65.8 Å². The molecule has 2 aromatic carbocycles. The van der Waals surface area contributed by atoms with Crippen molar-refractivity contribution in [2.75, 3.05) is 20.7 Å². The van der Waals surface area contributed by atoms with Crippen LogP contribution in [0.4, 0.5) is 0 Å². The van der Waals surface area contributed by atoms with Crippen LogP contribution in [0.15, 0.2) is 60.9 Å². The summed E-state index contributed by atoms with van der Waals surface area (Å²) >= 11 is 0. The van der Waals surface area contributed by atoms with E-state index in [2.05, 4.69) is 41.4 Å². The Morgan fingerprint density at radius 3 is 2.57 bits per heavy atom. The normalized spacial score (nSPS) is 10.8. The lowest BCUT2D eigenvalue weighted by molar-refractivity contribution is -0.128. The van der Waals surface area contributed by atoms with E-state index in [1.807, 2.05) is 18.3 Å². The Hall–Kier alpha value is -2.88. The highest BCUT2D eigenvalue weighted by Gasteiger charge is 2.05. The van der Waals surface area contributed by atoms with Gasteiger partial charge in [0, 0.05) is 32.9 Å². The van der Waals surface area contributed by atoms with Gasteiger partial charge in [0.2, 0.25) is 5.91 Å². The SMILES string of the molecule is CN(C)C(=O)CCc1ccc2cc(OCCCCc3cccnc3)ccc2c1. The van der Waals surface area contributed by atoms with Crippen molar-refractivity contribution in [3.8, 4) is 5.75 Å². The molecule has 0 aliphatic carbocycles. The van der Waals surface area contributed by atoms with Gasteiger partial charge >= 0.3 is 0 Å². The topological polar surface area (TPSA) is 42.4 Å². The average Bonchev–Trinajstić information content (AvgIpc) is 2.72. The molecule has 0 aliphatic heterocycles. The molecule has 0 unspecified atom stereocenters. The molecule has 0 aliphatic rings. The van der Waals surface area contributed by atoms with Gasteiger partial charge in [-0.3, -0.25) is 9.78 Å². The second-order valence-electron chi connectivity index (χ2n) is 7.30. The minimum absolute atomic E-state index is 0.160. The van der Waals surface area contributed by atoms with Crippen molar-refractivity contribution >= 4 is 16.7 Å². The Bertz CT molecular complexity index is 907. The summed E-state index contributed by atoms with van der Waals surface area (Å²) in [6.07, 6.45) is 8.18. The number of benzene rings is 2. The van der Waals surface area contributed by atoms with E-state index >= 15 is 0 Å². The third kappa shape index (κ3) is 5.81. The average molecular weight is 376 g/mol. The van der Waals surface area contributed by atoms with Crippen LogP contribution in [0.5, 0.6) is 5.75 Å². The molecule has 1 amide bonds. The second kappa shape index (κ2) is 9.88. The maximum Gasteiger partial charge on any atom is 0.222 e. The molecule has 4 nitrogen and oxygen atoms in total. The predicted molar refractivity (Wildman–Crippen MR) is 114 cm³/mol. The van der Waals surface area contributed by atoms with Gasteiger partial charge in [-0.15, -0.1) is 0 Å². The fraction of sp³-hybridized carbons (Fsp3) is 0.333. The maximum absolute atomic E-state index is 11.8. The zero-order chi connectivity index (χ0) is 19.8. The van der Waals surface area contributed by atoms with E-state index in [1.165, 1.54) is 16.5 Å². The third-order valence-electron chi connectivity index (χ3n) is 4.85. The minimum Gasteiger partial charge on any atom is -0.494 e. The number of amides is 1. The number of rotatable bonds is 9. The predicted octanol–water partition coefficient (Wildman–Crippen LogP) is 4.66. The first-order valence-corrected chi connectivity index (χ1v) is 9.86. The smallest absolute Gasteiger partial charge is 0.222 e. The number of unbranched alkanes of at least 4 members (excludes halogenated alkanes) is 1. The summed E-state index contributed by atoms with van der Waals surface area (Å²) in [7, 11) is 3.59. The van der Waals surface area contributed by atoms with Gasteiger partial charge in [0.15, 0.2) is 0 Å². The zero-order valence-corrected chi connectivity index (χ0v) is 16.7. The van der Waals surface area contributed by atoms with E-state index in [1.54, 1.807) is 25.2 Å². The van der Waals surface area contributed by atoms with Crippen molar-refractivity contribution in [3.05, 3.63) is 72.1 Å². The molecular formula is C24H28N2O2. The molecular weight excluding hydrogens is 348 g/mol. The van der Waals surface area contributed by atoms with Gasteiger partial charge in [-0.25, -0.2) is 0 Å². The number of aryl methyl sites for hydroxylation is 2. The largest absolute Gasteiger partial charge is 0.494 e. The standard InChI is InChI=1S/C24H28N2O2/c1-26(2)24(27)13-9-19-8-10-22-17-23(12-11-21(22)16-19)28-15-4-3-6-20-7-5-14-25-18-20/h5,7-8,10-12,14,16-18H,3-4,6,9,13,15H2,1-2H3. The summed E-state index contributed by atoms with van der Waals surface area (Å²) in [4.78, 5) is 17.5. The van der Waals surface area contributed by atoms with E-state index in [9.17, 15) is 4.79 Å². The van der Waals surface area contributed by atoms with Crippen LogP contribution in [-0.4, -0.2) is 36.5 Å². The highest BCUT2D eigenvalue weighted by Crippen LogP contribution is 2.23. The number of pyridine rings is 1. The fourth-order valence-electron chi connectivity index (χ4n) is 3.16. The number of carbonyl (C=O) groups is 1. The molecule has 0 fully saturated rings. The summed E-state index contributed by atoms with van der Waals surface area (Å²) in [6.45, 7) is 0.719. The van der Waals surface area contributed by atoms with Crippen molar-refractivity contribution in [1.29, 1.82) is 0 Å². The van der Waals surface area contributed by atoms with Crippen molar-refractivity contribution in [2.24, 2.45) is 0 Å². The van der Waals surface area contributed by atoms with Crippen molar-refractivity contribution < 1.29 is 9.53 Å². The number of ether oxygens (including phenoxy) is 1. The van der Waals surface area contributed by atoms with Gasteiger partial charge in [0.05, 0.1) is 6.61 Å².